The molecule has 20 heavy (non-hydrogen) atoms. The number of pyridine rings is 1. The van der Waals surface area contributed by atoms with Crippen LogP contribution >= 0.6 is 0 Å². The second-order valence-corrected chi connectivity index (χ2v) is 3.88. The Morgan fingerprint density at radius 3 is 2.60 bits per heavy atom. The molecule has 2 rings (SSSR count). The van der Waals surface area contributed by atoms with E-state index in [0.29, 0.717) is 17.7 Å². The van der Waals surface area contributed by atoms with Crippen molar-refractivity contribution in [3.8, 4) is 5.75 Å². The minimum absolute atomic E-state index is 0.209. The highest BCUT2D eigenvalue weighted by atomic mass is 19.1. The number of hydrogen-bond acceptors (Lipinski definition) is 4. The topological polar surface area (TPSA) is 68.3 Å². The van der Waals surface area contributed by atoms with Gasteiger partial charge in [0.2, 0.25) is 0 Å². The van der Waals surface area contributed by atoms with Crippen molar-refractivity contribution in [2.45, 2.75) is 0 Å². The summed E-state index contributed by atoms with van der Waals surface area (Å²) < 4.78 is 17.9. The summed E-state index contributed by atoms with van der Waals surface area (Å²) in [5.41, 5.74) is 0.766. The van der Waals surface area contributed by atoms with Gasteiger partial charge in [-0.2, -0.15) is 0 Å². The van der Waals surface area contributed by atoms with Crippen LogP contribution in [0.2, 0.25) is 0 Å². The maximum absolute atomic E-state index is 12.7. The molecule has 1 aromatic heterocycles. The zero-order chi connectivity index (χ0) is 14.4. The van der Waals surface area contributed by atoms with Crippen LogP contribution in [-0.4, -0.2) is 23.8 Å². The third-order valence-electron chi connectivity index (χ3n) is 2.38. The summed E-state index contributed by atoms with van der Waals surface area (Å²) >= 11 is 0. The highest BCUT2D eigenvalue weighted by Crippen LogP contribution is 2.10. The Morgan fingerprint density at radius 1 is 1.25 bits per heavy atom. The minimum atomic E-state index is -0.379. The number of anilines is 1. The van der Waals surface area contributed by atoms with Crippen LogP contribution in [0.4, 0.5) is 10.1 Å². The smallest absolute Gasteiger partial charge is 0.262 e. The Hall–Kier alpha value is -2.76. The van der Waals surface area contributed by atoms with E-state index in [1.54, 1.807) is 6.07 Å². The number of halogens is 1. The van der Waals surface area contributed by atoms with Crippen LogP contribution in [0.1, 0.15) is 10.5 Å². The van der Waals surface area contributed by atoms with E-state index in [1.165, 1.54) is 36.5 Å². The third kappa shape index (κ3) is 3.88. The Balaban J connectivity index is 1.85. The van der Waals surface area contributed by atoms with Gasteiger partial charge in [0, 0.05) is 5.69 Å². The predicted molar refractivity (Wildman–Crippen MR) is 70.1 cm³/mol. The molecule has 1 aromatic carbocycles. The van der Waals surface area contributed by atoms with Gasteiger partial charge in [0.1, 0.15) is 17.3 Å². The molecule has 1 N–H and O–H groups in total. The van der Waals surface area contributed by atoms with E-state index in [0.717, 1.165) is 0 Å². The Labute approximate surface area is 114 Å². The molecule has 0 saturated carbocycles. The first-order valence-electron chi connectivity index (χ1n) is 5.77. The largest absolute Gasteiger partial charge is 0.482 e. The number of hydrogen-bond donors (Lipinski definition) is 1. The van der Waals surface area contributed by atoms with Crippen LogP contribution in [0.3, 0.4) is 0 Å². The lowest BCUT2D eigenvalue weighted by Crippen LogP contribution is -2.20. The van der Waals surface area contributed by atoms with Crippen LogP contribution in [0.25, 0.3) is 0 Å². The fraction of sp³-hybridized carbons (Fsp3) is 0.0714. The van der Waals surface area contributed by atoms with Crippen molar-refractivity contribution in [1.29, 1.82) is 0 Å². The molecule has 0 unspecified atom stereocenters. The molecule has 0 bridgehead atoms. The molecule has 6 heteroatoms. The first-order chi connectivity index (χ1) is 9.67. The predicted octanol–water partition coefficient (Wildman–Crippen LogP) is 2.05. The number of nitrogens with one attached hydrogen (secondary N) is 1. The summed E-state index contributed by atoms with van der Waals surface area (Å²) in [4.78, 5) is 25.8. The van der Waals surface area contributed by atoms with Gasteiger partial charge in [-0.25, -0.2) is 9.37 Å². The summed E-state index contributed by atoms with van der Waals surface area (Å²) in [5.74, 6) is -0.374. The van der Waals surface area contributed by atoms with Crippen molar-refractivity contribution < 1.29 is 18.7 Å². The highest BCUT2D eigenvalue weighted by Gasteiger charge is 2.04. The molecule has 0 atom stereocenters. The van der Waals surface area contributed by atoms with Crippen molar-refractivity contribution in [3.05, 3.63) is 54.1 Å². The first-order valence-corrected chi connectivity index (χ1v) is 5.77. The van der Waals surface area contributed by atoms with Gasteiger partial charge in [0.05, 0.1) is 6.20 Å². The van der Waals surface area contributed by atoms with Crippen molar-refractivity contribution in [1.82, 2.24) is 4.98 Å². The zero-order valence-electron chi connectivity index (χ0n) is 10.4. The molecule has 0 radical (unpaired) electrons. The van der Waals surface area contributed by atoms with E-state index in [-0.39, 0.29) is 24.0 Å². The Morgan fingerprint density at radius 2 is 2.00 bits per heavy atom. The fourth-order valence-corrected chi connectivity index (χ4v) is 1.43. The van der Waals surface area contributed by atoms with Crippen LogP contribution in [-0.2, 0) is 4.79 Å². The normalized spacial score (nSPS) is 9.85. The van der Waals surface area contributed by atoms with Gasteiger partial charge in [-0.3, -0.25) is 9.59 Å². The average molecular weight is 274 g/mol. The molecular weight excluding hydrogens is 263 g/mol. The van der Waals surface area contributed by atoms with E-state index < -0.39 is 0 Å². The first kappa shape index (κ1) is 13.7. The van der Waals surface area contributed by atoms with Crippen molar-refractivity contribution in [3.63, 3.8) is 0 Å². The molecule has 0 aliphatic heterocycles. The average Bonchev–Trinajstić information content (AvgIpc) is 2.48. The molecule has 0 fully saturated rings. The molecular formula is C14H11FN2O3. The second kappa shape index (κ2) is 6.42. The number of nitrogens with zero attached hydrogens (tertiary/aromatic N) is 1. The van der Waals surface area contributed by atoms with E-state index in [9.17, 15) is 14.0 Å². The molecule has 1 heterocycles. The van der Waals surface area contributed by atoms with E-state index >= 15 is 0 Å². The lowest BCUT2D eigenvalue weighted by Gasteiger charge is -2.07. The highest BCUT2D eigenvalue weighted by molar-refractivity contribution is 5.91. The lowest BCUT2D eigenvalue weighted by molar-refractivity contribution is -0.118. The van der Waals surface area contributed by atoms with Gasteiger partial charge in [-0.15, -0.1) is 0 Å². The molecule has 0 saturated heterocycles. The number of ether oxygens (including phenoxy) is 1. The van der Waals surface area contributed by atoms with Gasteiger partial charge in [0.15, 0.2) is 12.9 Å². The van der Waals surface area contributed by atoms with E-state index in [2.05, 4.69) is 10.3 Å². The maximum Gasteiger partial charge on any atom is 0.262 e. The summed E-state index contributed by atoms with van der Waals surface area (Å²) in [7, 11) is 0. The standard InChI is InChI=1S/C14H11FN2O3/c15-10-1-3-11(4-2-10)17-14(19)9-20-13-6-5-12(8-18)16-7-13/h1-8H,9H2,(H,17,19). The van der Waals surface area contributed by atoms with Gasteiger partial charge in [0.25, 0.3) is 5.91 Å². The minimum Gasteiger partial charge on any atom is -0.482 e. The van der Waals surface area contributed by atoms with E-state index in [1.807, 2.05) is 0 Å². The van der Waals surface area contributed by atoms with Gasteiger partial charge >= 0.3 is 0 Å². The number of aldehydes is 1. The van der Waals surface area contributed by atoms with Crippen LogP contribution in [0.15, 0.2) is 42.6 Å². The molecule has 1 amide bonds. The lowest BCUT2D eigenvalue weighted by atomic mass is 10.3. The van der Waals surface area contributed by atoms with Crippen LogP contribution in [0, 0.1) is 5.82 Å². The summed E-state index contributed by atoms with van der Waals surface area (Å²) in [6.07, 6.45) is 1.97. The van der Waals surface area contributed by atoms with Gasteiger partial charge in [-0.1, -0.05) is 0 Å². The number of rotatable bonds is 5. The van der Waals surface area contributed by atoms with Crippen molar-refractivity contribution in [2.75, 3.05) is 11.9 Å². The maximum atomic E-state index is 12.7. The second-order valence-electron chi connectivity index (χ2n) is 3.88. The van der Waals surface area contributed by atoms with Gasteiger partial charge in [-0.05, 0) is 36.4 Å². The monoisotopic (exact) mass is 274 g/mol. The van der Waals surface area contributed by atoms with Crippen LogP contribution in [0.5, 0.6) is 5.75 Å². The molecule has 0 aliphatic rings. The van der Waals surface area contributed by atoms with Crippen molar-refractivity contribution in [2.24, 2.45) is 0 Å². The number of amides is 1. The molecule has 0 spiro atoms. The Kier molecular flexibility index (Phi) is 4.39. The summed E-state index contributed by atoms with van der Waals surface area (Å²) in [5, 5.41) is 2.55. The number of benzene rings is 1. The SMILES string of the molecule is O=Cc1ccc(OCC(=O)Nc2ccc(F)cc2)cn1. The van der Waals surface area contributed by atoms with Gasteiger partial charge < -0.3 is 10.1 Å². The third-order valence-corrected chi connectivity index (χ3v) is 2.38. The molecule has 2 aromatic rings. The van der Waals surface area contributed by atoms with E-state index in [4.69, 9.17) is 4.74 Å². The zero-order valence-corrected chi connectivity index (χ0v) is 10.4. The fourth-order valence-electron chi connectivity index (χ4n) is 1.43. The number of carbonyl (C=O) groups excluding carboxylic acids is 2. The molecule has 102 valence electrons. The number of aromatic nitrogens is 1. The Bertz CT molecular complexity index is 597. The summed E-state index contributed by atoms with van der Waals surface area (Å²) in [6, 6.07) is 8.43. The number of carbonyl (C=O) groups is 2. The van der Waals surface area contributed by atoms with Crippen molar-refractivity contribution >= 4 is 17.9 Å². The quantitative estimate of drug-likeness (QED) is 0.847. The molecule has 5 nitrogen and oxygen atoms in total. The molecule has 0 aliphatic carbocycles. The summed E-state index contributed by atoms with van der Waals surface area (Å²) in [6.45, 7) is -0.209. The van der Waals surface area contributed by atoms with Crippen LogP contribution < -0.4 is 10.1 Å².